The Morgan fingerprint density at radius 2 is 2.10 bits per heavy atom. The number of amides is 1. The van der Waals surface area contributed by atoms with Crippen LogP contribution >= 0.6 is 15.9 Å². The Hall–Kier alpha value is -2.28. The van der Waals surface area contributed by atoms with Gasteiger partial charge in [-0.25, -0.2) is 4.79 Å². The molecule has 0 saturated heterocycles. The first-order valence-electron chi connectivity index (χ1n) is 5.62. The molecular formula is C13H12BrN3O3. The molecule has 0 bridgehead atoms. The molecule has 1 aromatic carbocycles. The minimum atomic E-state index is -1.10. The molecule has 0 atom stereocenters. The van der Waals surface area contributed by atoms with Crippen molar-refractivity contribution in [1.82, 2.24) is 4.98 Å². The summed E-state index contributed by atoms with van der Waals surface area (Å²) in [7, 11) is 1.42. The topological polar surface area (TPSA) is 88.7 Å². The molecule has 20 heavy (non-hydrogen) atoms. The summed E-state index contributed by atoms with van der Waals surface area (Å²) in [6, 6.07) is 6.57. The van der Waals surface area contributed by atoms with E-state index in [9.17, 15) is 4.79 Å². The zero-order valence-corrected chi connectivity index (χ0v) is 12.2. The van der Waals surface area contributed by atoms with Crippen molar-refractivity contribution in [3.8, 4) is 11.5 Å². The first kappa shape index (κ1) is 14.1. The van der Waals surface area contributed by atoms with E-state index in [0.29, 0.717) is 22.9 Å². The summed E-state index contributed by atoms with van der Waals surface area (Å²) >= 11 is 3.30. The van der Waals surface area contributed by atoms with Gasteiger partial charge in [0, 0.05) is 23.8 Å². The number of carbonyl (C=O) groups is 1. The Balaban J connectivity index is 2.30. The van der Waals surface area contributed by atoms with E-state index in [0.717, 1.165) is 9.37 Å². The Morgan fingerprint density at radius 1 is 1.35 bits per heavy atom. The highest BCUT2D eigenvalue weighted by Crippen LogP contribution is 2.30. The molecule has 6 nitrogen and oxygen atoms in total. The van der Waals surface area contributed by atoms with Crippen LogP contribution in [0.5, 0.6) is 11.5 Å². The molecule has 1 aromatic heterocycles. The zero-order chi connectivity index (χ0) is 14.7. The second-order valence-corrected chi connectivity index (χ2v) is 4.92. The summed E-state index contributed by atoms with van der Waals surface area (Å²) in [5.74, 6) is 1.01. The number of nitrogen functional groups attached to an aromatic ring is 1. The second-order valence-electron chi connectivity index (χ2n) is 4.00. The van der Waals surface area contributed by atoms with Crippen LogP contribution in [0.25, 0.3) is 0 Å². The van der Waals surface area contributed by atoms with E-state index < -0.39 is 6.09 Å². The van der Waals surface area contributed by atoms with Crippen molar-refractivity contribution >= 4 is 33.4 Å². The highest BCUT2D eigenvalue weighted by Gasteiger charge is 2.13. The quantitative estimate of drug-likeness (QED) is 0.838. The largest absolute Gasteiger partial charge is 0.465 e. The average Bonchev–Trinajstić information content (AvgIpc) is 2.40. The number of anilines is 2. The Bertz CT molecular complexity index is 649. The zero-order valence-electron chi connectivity index (χ0n) is 10.6. The summed E-state index contributed by atoms with van der Waals surface area (Å²) in [6.07, 6.45) is 2.10. The molecule has 0 fully saturated rings. The van der Waals surface area contributed by atoms with Gasteiger partial charge in [-0.2, -0.15) is 0 Å². The molecule has 3 N–H and O–H groups in total. The van der Waals surface area contributed by atoms with Gasteiger partial charge in [0.1, 0.15) is 11.5 Å². The van der Waals surface area contributed by atoms with Crippen molar-refractivity contribution in [2.45, 2.75) is 0 Å². The van der Waals surface area contributed by atoms with E-state index in [-0.39, 0.29) is 0 Å². The molecule has 0 aliphatic heterocycles. The van der Waals surface area contributed by atoms with Crippen molar-refractivity contribution in [1.29, 1.82) is 0 Å². The third kappa shape index (κ3) is 3.18. The average molecular weight is 338 g/mol. The van der Waals surface area contributed by atoms with Crippen molar-refractivity contribution in [2.75, 3.05) is 17.7 Å². The highest BCUT2D eigenvalue weighted by atomic mass is 79.9. The number of hydrogen-bond acceptors (Lipinski definition) is 4. The molecule has 0 radical (unpaired) electrons. The third-order valence-corrected chi connectivity index (χ3v) is 3.00. The number of hydrogen-bond donors (Lipinski definition) is 2. The number of nitrogens with zero attached hydrogens (tertiary/aromatic N) is 2. The van der Waals surface area contributed by atoms with Crippen molar-refractivity contribution < 1.29 is 14.6 Å². The van der Waals surface area contributed by atoms with Crippen LogP contribution in [0.1, 0.15) is 0 Å². The van der Waals surface area contributed by atoms with Gasteiger partial charge in [-0.3, -0.25) is 9.88 Å². The van der Waals surface area contributed by atoms with Crippen molar-refractivity contribution in [3.63, 3.8) is 0 Å². The lowest BCUT2D eigenvalue weighted by Crippen LogP contribution is -2.24. The summed E-state index contributed by atoms with van der Waals surface area (Å²) < 4.78 is 6.40. The minimum Gasteiger partial charge on any atom is -0.465 e. The lowest BCUT2D eigenvalue weighted by molar-refractivity contribution is 0.203. The lowest BCUT2D eigenvalue weighted by atomic mass is 10.2. The molecule has 104 valence electrons. The van der Waals surface area contributed by atoms with Crippen molar-refractivity contribution in [2.24, 2.45) is 0 Å². The number of ether oxygens (including phenoxy) is 1. The fraction of sp³-hybridized carbons (Fsp3) is 0.0769. The molecule has 0 aliphatic carbocycles. The van der Waals surface area contributed by atoms with E-state index in [4.69, 9.17) is 15.6 Å². The van der Waals surface area contributed by atoms with Gasteiger partial charge in [0.2, 0.25) is 0 Å². The number of benzene rings is 1. The molecule has 7 heteroatoms. The van der Waals surface area contributed by atoms with Gasteiger partial charge in [-0.15, -0.1) is 0 Å². The summed E-state index contributed by atoms with van der Waals surface area (Å²) in [6.45, 7) is 0. The number of nitrogens with two attached hydrogens (primary N) is 1. The van der Waals surface area contributed by atoms with Crippen LogP contribution in [0.2, 0.25) is 0 Å². The van der Waals surface area contributed by atoms with Crippen LogP contribution in [-0.4, -0.2) is 23.2 Å². The third-order valence-electron chi connectivity index (χ3n) is 2.57. The monoisotopic (exact) mass is 337 g/mol. The predicted octanol–water partition coefficient (Wildman–Crippen LogP) is 3.33. The first-order valence-corrected chi connectivity index (χ1v) is 6.41. The van der Waals surface area contributed by atoms with Crippen LogP contribution in [-0.2, 0) is 0 Å². The van der Waals surface area contributed by atoms with Crippen LogP contribution in [0, 0.1) is 0 Å². The molecule has 2 aromatic rings. The molecule has 0 aliphatic rings. The van der Waals surface area contributed by atoms with Crippen LogP contribution < -0.4 is 15.4 Å². The van der Waals surface area contributed by atoms with Gasteiger partial charge < -0.3 is 15.6 Å². The van der Waals surface area contributed by atoms with Gasteiger partial charge in [-0.05, 0) is 34.1 Å². The summed E-state index contributed by atoms with van der Waals surface area (Å²) in [5.41, 5.74) is 6.48. The predicted molar refractivity (Wildman–Crippen MR) is 79.3 cm³/mol. The molecule has 0 unspecified atom stereocenters. The summed E-state index contributed by atoms with van der Waals surface area (Å²) in [5, 5.41) is 8.99. The minimum absolute atomic E-state index is 0.356. The number of halogens is 1. The number of rotatable bonds is 3. The summed E-state index contributed by atoms with van der Waals surface area (Å²) in [4.78, 5) is 16.0. The van der Waals surface area contributed by atoms with Crippen molar-refractivity contribution in [3.05, 3.63) is 41.1 Å². The maximum Gasteiger partial charge on any atom is 0.411 e. The Morgan fingerprint density at radius 3 is 2.75 bits per heavy atom. The second kappa shape index (κ2) is 5.79. The number of pyridine rings is 1. The fourth-order valence-corrected chi connectivity index (χ4v) is 1.91. The van der Waals surface area contributed by atoms with E-state index in [1.165, 1.54) is 7.05 Å². The van der Waals surface area contributed by atoms with Crippen LogP contribution in [0.3, 0.4) is 0 Å². The SMILES string of the molecule is CN(C(=O)O)c1cc(Oc2cncc(Br)c2)ccc1N. The van der Waals surface area contributed by atoms with E-state index in [1.54, 1.807) is 36.7 Å². The maximum atomic E-state index is 11.0. The maximum absolute atomic E-state index is 11.0. The lowest BCUT2D eigenvalue weighted by Gasteiger charge is -2.16. The van der Waals surface area contributed by atoms with Gasteiger partial charge >= 0.3 is 6.09 Å². The van der Waals surface area contributed by atoms with E-state index >= 15 is 0 Å². The first-order chi connectivity index (χ1) is 9.47. The molecule has 2 rings (SSSR count). The van der Waals surface area contributed by atoms with Crippen LogP contribution in [0.4, 0.5) is 16.2 Å². The van der Waals surface area contributed by atoms with Crippen LogP contribution in [0.15, 0.2) is 41.1 Å². The fourth-order valence-electron chi connectivity index (χ4n) is 1.56. The molecule has 0 saturated carbocycles. The van der Waals surface area contributed by atoms with Gasteiger partial charge in [0.25, 0.3) is 0 Å². The molecule has 0 spiro atoms. The normalized spacial score (nSPS) is 10.1. The molecule has 1 amide bonds. The van der Waals surface area contributed by atoms with Gasteiger partial charge in [0.15, 0.2) is 0 Å². The highest BCUT2D eigenvalue weighted by molar-refractivity contribution is 9.10. The Kier molecular flexibility index (Phi) is 4.09. The van der Waals surface area contributed by atoms with Gasteiger partial charge in [-0.1, -0.05) is 0 Å². The standard InChI is InChI=1S/C13H12BrN3O3/c1-17(13(18)19)12-5-9(2-3-11(12)15)20-10-4-8(14)6-16-7-10/h2-7H,15H2,1H3,(H,18,19). The van der Waals surface area contributed by atoms with E-state index in [2.05, 4.69) is 20.9 Å². The van der Waals surface area contributed by atoms with Gasteiger partial charge in [0.05, 0.1) is 17.6 Å². The number of aromatic nitrogens is 1. The molecular weight excluding hydrogens is 326 g/mol. The Labute approximate surface area is 123 Å². The molecule has 1 heterocycles. The number of carboxylic acid groups (broad SMARTS) is 1. The van der Waals surface area contributed by atoms with E-state index in [1.807, 2.05) is 0 Å². The smallest absolute Gasteiger partial charge is 0.411 e.